The molecule has 1 amide bonds. The monoisotopic (exact) mass is 344 g/mol. The number of H-pyrrole nitrogens is 1. The number of carbonyl (C=O) groups is 1. The quantitative estimate of drug-likeness (QED) is 0.895. The third-order valence-corrected chi connectivity index (χ3v) is 4.77. The first-order valence-corrected chi connectivity index (χ1v) is 9.00. The average molecular weight is 344 g/mol. The summed E-state index contributed by atoms with van der Waals surface area (Å²) in [6.45, 7) is 7.64. The SMILES string of the molecule is CC(C)(C)OC(=O)N1CCC(C(CN)c2nc3ccccc3[nH]2)CC1. The molecule has 1 aliphatic rings. The number of nitrogens with zero attached hydrogens (tertiary/aromatic N) is 2. The average Bonchev–Trinajstić information content (AvgIpc) is 2.98. The number of ether oxygens (including phenoxy) is 1. The van der Waals surface area contributed by atoms with Crippen LogP contribution >= 0.6 is 0 Å². The summed E-state index contributed by atoms with van der Waals surface area (Å²) in [5.74, 6) is 1.57. The number of nitrogens with one attached hydrogen (secondary N) is 1. The number of rotatable bonds is 3. The van der Waals surface area contributed by atoms with Crippen LogP contribution in [0, 0.1) is 5.92 Å². The lowest BCUT2D eigenvalue weighted by atomic mass is 9.84. The maximum Gasteiger partial charge on any atom is 0.410 e. The molecule has 1 fully saturated rings. The number of imidazole rings is 1. The van der Waals surface area contributed by atoms with E-state index in [4.69, 9.17) is 15.5 Å². The zero-order valence-corrected chi connectivity index (χ0v) is 15.3. The van der Waals surface area contributed by atoms with Crippen molar-refractivity contribution in [2.45, 2.75) is 45.1 Å². The van der Waals surface area contributed by atoms with Crippen molar-refractivity contribution >= 4 is 17.1 Å². The van der Waals surface area contributed by atoms with E-state index in [1.807, 2.05) is 45.0 Å². The van der Waals surface area contributed by atoms with Crippen LogP contribution in [0.2, 0.25) is 0 Å². The van der Waals surface area contributed by atoms with Crippen LogP contribution < -0.4 is 5.73 Å². The minimum atomic E-state index is -0.456. The molecule has 25 heavy (non-hydrogen) atoms. The molecule has 3 rings (SSSR count). The summed E-state index contributed by atoms with van der Waals surface area (Å²) < 4.78 is 5.47. The highest BCUT2D eigenvalue weighted by Gasteiger charge is 2.32. The molecule has 6 nitrogen and oxygen atoms in total. The number of likely N-dealkylation sites (tertiary alicyclic amines) is 1. The second-order valence-electron chi connectivity index (χ2n) is 7.79. The number of hydrogen-bond acceptors (Lipinski definition) is 4. The second-order valence-corrected chi connectivity index (χ2v) is 7.79. The fraction of sp³-hybridized carbons (Fsp3) is 0.579. The van der Waals surface area contributed by atoms with E-state index in [1.54, 1.807) is 4.90 Å². The van der Waals surface area contributed by atoms with Crippen LogP contribution in [-0.4, -0.2) is 46.2 Å². The van der Waals surface area contributed by atoms with E-state index in [2.05, 4.69) is 4.98 Å². The molecule has 1 atom stereocenters. The lowest BCUT2D eigenvalue weighted by molar-refractivity contribution is 0.0174. The van der Waals surface area contributed by atoms with Gasteiger partial charge >= 0.3 is 6.09 Å². The third kappa shape index (κ3) is 4.12. The molecule has 1 aromatic heterocycles. The molecular weight excluding hydrogens is 316 g/mol. The van der Waals surface area contributed by atoms with Crippen LogP contribution in [-0.2, 0) is 4.74 Å². The number of aromatic amines is 1. The van der Waals surface area contributed by atoms with Crippen LogP contribution in [0.4, 0.5) is 4.79 Å². The Kier molecular flexibility index (Phi) is 4.99. The number of fused-ring (bicyclic) bond motifs is 1. The molecule has 1 unspecified atom stereocenters. The van der Waals surface area contributed by atoms with E-state index in [9.17, 15) is 4.79 Å². The van der Waals surface area contributed by atoms with Crippen LogP contribution in [0.25, 0.3) is 11.0 Å². The van der Waals surface area contributed by atoms with Gasteiger partial charge in [0.15, 0.2) is 0 Å². The van der Waals surface area contributed by atoms with Crippen molar-refractivity contribution in [2.24, 2.45) is 11.7 Å². The van der Waals surface area contributed by atoms with Gasteiger partial charge in [-0.15, -0.1) is 0 Å². The van der Waals surface area contributed by atoms with Gasteiger partial charge in [-0.3, -0.25) is 0 Å². The number of para-hydroxylation sites is 2. The smallest absolute Gasteiger partial charge is 0.410 e. The summed E-state index contributed by atoms with van der Waals surface area (Å²) in [6.07, 6.45) is 1.61. The van der Waals surface area contributed by atoms with Crippen LogP contribution in [0.3, 0.4) is 0 Å². The van der Waals surface area contributed by atoms with Gasteiger partial charge in [0.1, 0.15) is 11.4 Å². The molecule has 1 aromatic carbocycles. The van der Waals surface area contributed by atoms with Gasteiger partial charge < -0.3 is 20.4 Å². The van der Waals surface area contributed by atoms with Gasteiger partial charge in [-0.2, -0.15) is 0 Å². The fourth-order valence-electron chi connectivity index (χ4n) is 3.49. The molecule has 2 aromatic rings. The molecule has 136 valence electrons. The molecule has 3 N–H and O–H groups in total. The molecule has 1 saturated heterocycles. The summed E-state index contributed by atoms with van der Waals surface area (Å²) in [6, 6.07) is 8.03. The maximum absolute atomic E-state index is 12.2. The maximum atomic E-state index is 12.2. The van der Waals surface area contributed by atoms with Crippen molar-refractivity contribution in [3.63, 3.8) is 0 Å². The Morgan fingerprint density at radius 3 is 2.64 bits per heavy atom. The number of aromatic nitrogens is 2. The number of hydrogen-bond donors (Lipinski definition) is 2. The molecule has 6 heteroatoms. The Balaban J connectivity index is 1.65. The van der Waals surface area contributed by atoms with Gasteiger partial charge in [0, 0.05) is 25.6 Å². The van der Waals surface area contributed by atoms with Gasteiger partial charge in [0.25, 0.3) is 0 Å². The van der Waals surface area contributed by atoms with Crippen molar-refractivity contribution in [1.29, 1.82) is 0 Å². The Labute approximate surface area is 148 Å². The van der Waals surface area contributed by atoms with E-state index in [0.29, 0.717) is 25.6 Å². The Hall–Kier alpha value is -2.08. The van der Waals surface area contributed by atoms with Crippen molar-refractivity contribution in [1.82, 2.24) is 14.9 Å². The lowest BCUT2D eigenvalue weighted by Gasteiger charge is -2.35. The van der Waals surface area contributed by atoms with Gasteiger partial charge in [0.2, 0.25) is 0 Å². The highest BCUT2D eigenvalue weighted by Crippen LogP contribution is 2.32. The lowest BCUT2D eigenvalue weighted by Crippen LogP contribution is -2.43. The topological polar surface area (TPSA) is 84.2 Å². The number of amides is 1. The van der Waals surface area contributed by atoms with Gasteiger partial charge in [0.05, 0.1) is 11.0 Å². The highest BCUT2D eigenvalue weighted by atomic mass is 16.6. The van der Waals surface area contributed by atoms with Gasteiger partial charge in [-0.25, -0.2) is 9.78 Å². The first-order valence-electron chi connectivity index (χ1n) is 9.00. The Bertz CT molecular complexity index is 693. The minimum absolute atomic E-state index is 0.188. The van der Waals surface area contributed by atoms with E-state index in [0.717, 1.165) is 29.7 Å². The Morgan fingerprint density at radius 1 is 1.36 bits per heavy atom. The van der Waals surface area contributed by atoms with E-state index in [1.165, 1.54) is 0 Å². The molecule has 0 bridgehead atoms. The minimum Gasteiger partial charge on any atom is -0.444 e. The largest absolute Gasteiger partial charge is 0.444 e. The molecule has 1 aliphatic heterocycles. The van der Waals surface area contributed by atoms with Crippen molar-refractivity contribution in [3.8, 4) is 0 Å². The van der Waals surface area contributed by atoms with Crippen molar-refractivity contribution in [3.05, 3.63) is 30.1 Å². The van der Waals surface area contributed by atoms with Gasteiger partial charge in [-0.05, 0) is 51.7 Å². The summed E-state index contributed by atoms with van der Waals surface area (Å²) in [4.78, 5) is 22.1. The van der Waals surface area contributed by atoms with Crippen molar-refractivity contribution < 1.29 is 9.53 Å². The normalized spacial score (nSPS) is 17.7. The molecule has 0 saturated carbocycles. The number of piperidine rings is 1. The van der Waals surface area contributed by atoms with Crippen LogP contribution in [0.15, 0.2) is 24.3 Å². The number of benzene rings is 1. The summed E-state index contributed by atoms with van der Waals surface area (Å²) in [5, 5.41) is 0. The second kappa shape index (κ2) is 7.04. The van der Waals surface area contributed by atoms with Crippen LogP contribution in [0.5, 0.6) is 0 Å². The fourth-order valence-corrected chi connectivity index (χ4v) is 3.49. The van der Waals surface area contributed by atoms with Gasteiger partial charge in [-0.1, -0.05) is 12.1 Å². The molecular formula is C19H28N4O2. The predicted octanol–water partition coefficient (Wildman–Crippen LogP) is 3.25. The number of nitrogens with two attached hydrogens (primary N) is 1. The Morgan fingerprint density at radius 2 is 2.04 bits per heavy atom. The standard InChI is InChI=1S/C19H28N4O2/c1-19(2,3)25-18(24)23-10-8-13(9-11-23)14(12-20)17-21-15-6-4-5-7-16(15)22-17/h4-7,13-14H,8-12,20H2,1-3H3,(H,21,22). The van der Waals surface area contributed by atoms with Crippen LogP contribution in [0.1, 0.15) is 45.4 Å². The number of carbonyl (C=O) groups excluding carboxylic acids is 1. The summed E-state index contributed by atoms with van der Waals surface area (Å²) >= 11 is 0. The predicted molar refractivity (Wildman–Crippen MR) is 98.4 cm³/mol. The first kappa shape index (κ1) is 17.7. The first-order chi connectivity index (χ1) is 11.9. The molecule has 0 aliphatic carbocycles. The molecule has 0 radical (unpaired) electrons. The zero-order valence-electron chi connectivity index (χ0n) is 15.3. The van der Waals surface area contributed by atoms with E-state index < -0.39 is 5.60 Å². The zero-order chi connectivity index (χ0) is 18.0. The van der Waals surface area contributed by atoms with E-state index in [-0.39, 0.29) is 12.0 Å². The summed E-state index contributed by atoms with van der Waals surface area (Å²) in [5.41, 5.74) is 7.63. The summed E-state index contributed by atoms with van der Waals surface area (Å²) in [7, 11) is 0. The third-order valence-electron chi connectivity index (χ3n) is 4.77. The molecule has 0 spiro atoms. The highest BCUT2D eigenvalue weighted by molar-refractivity contribution is 5.74. The molecule has 2 heterocycles. The van der Waals surface area contributed by atoms with Crippen molar-refractivity contribution in [2.75, 3.05) is 19.6 Å². The van der Waals surface area contributed by atoms with E-state index >= 15 is 0 Å².